The first-order chi connectivity index (χ1) is 10.4. The third kappa shape index (κ3) is 3.38. The molecule has 0 aliphatic rings. The van der Waals surface area contributed by atoms with E-state index in [1.165, 1.54) is 10.4 Å². The highest BCUT2D eigenvalue weighted by molar-refractivity contribution is 7.12. The van der Waals surface area contributed by atoms with Gasteiger partial charge in [0, 0.05) is 23.4 Å². The zero-order valence-electron chi connectivity index (χ0n) is 11.8. The lowest BCUT2D eigenvalue weighted by molar-refractivity contribution is 0.944. The normalized spacial score (nSPS) is 10.7. The van der Waals surface area contributed by atoms with Gasteiger partial charge in [0.25, 0.3) is 0 Å². The van der Waals surface area contributed by atoms with Crippen molar-refractivity contribution in [2.24, 2.45) is 5.73 Å². The summed E-state index contributed by atoms with van der Waals surface area (Å²) in [6.45, 7) is 0.549. The van der Waals surface area contributed by atoms with E-state index in [0.29, 0.717) is 6.54 Å². The second kappa shape index (κ2) is 6.66. The Morgan fingerprint density at radius 1 is 0.857 bits per heavy atom. The first-order valence-corrected chi connectivity index (χ1v) is 7.96. The molecule has 2 aromatic carbocycles. The first-order valence-electron chi connectivity index (χ1n) is 7.15. The molecule has 2 nitrogen and oxygen atoms in total. The number of nitrogens with two attached hydrogens (primary N) is 1. The Kier molecular flexibility index (Phi) is 4.43. The van der Waals surface area contributed by atoms with Gasteiger partial charge >= 0.3 is 0 Å². The molecule has 0 aliphatic carbocycles. The third-order valence-corrected chi connectivity index (χ3v) is 4.58. The molecule has 0 saturated heterocycles. The van der Waals surface area contributed by atoms with Crippen molar-refractivity contribution in [1.29, 1.82) is 0 Å². The molecule has 3 rings (SSSR count). The number of aryl methyl sites for hydroxylation is 2. The minimum atomic E-state index is 0.549. The maximum Gasteiger partial charge on any atom is 0.0939 e. The molecule has 0 saturated carbocycles. The Morgan fingerprint density at radius 2 is 1.52 bits per heavy atom. The van der Waals surface area contributed by atoms with Crippen LogP contribution in [0.4, 0.5) is 0 Å². The zero-order chi connectivity index (χ0) is 14.5. The standard InChI is InChI=1S/C18H18N2S/c19-13-16-18(15-9-5-2-6-10-15)20-17(21-16)12-11-14-7-3-1-4-8-14/h1-10H,11-13,19H2. The molecular formula is C18H18N2S. The molecular weight excluding hydrogens is 276 g/mol. The molecule has 0 amide bonds. The molecule has 0 bridgehead atoms. The van der Waals surface area contributed by atoms with E-state index in [1.807, 2.05) is 24.3 Å². The quantitative estimate of drug-likeness (QED) is 0.771. The van der Waals surface area contributed by atoms with Crippen molar-refractivity contribution in [2.75, 3.05) is 0 Å². The van der Waals surface area contributed by atoms with Crippen LogP contribution in [0.2, 0.25) is 0 Å². The van der Waals surface area contributed by atoms with Gasteiger partial charge in [0.1, 0.15) is 0 Å². The highest BCUT2D eigenvalue weighted by Crippen LogP contribution is 2.28. The van der Waals surface area contributed by atoms with Gasteiger partial charge in [-0.15, -0.1) is 11.3 Å². The number of thiazole rings is 1. The van der Waals surface area contributed by atoms with Gasteiger partial charge in [0.2, 0.25) is 0 Å². The van der Waals surface area contributed by atoms with Crippen LogP contribution in [-0.2, 0) is 19.4 Å². The molecule has 0 spiro atoms. The molecule has 1 heterocycles. The molecule has 0 atom stereocenters. The minimum Gasteiger partial charge on any atom is -0.326 e. The molecule has 3 heteroatoms. The molecule has 1 aromatic heterocycles. The fourth-order valence-electron chi connectivity index (χ4n) is 2.36. The van der Waals surface area contributed by atoms with Crippen LogP contribution >= 0.6 is 11.3 Å². The van der Waals surface area contributed by atoms with Gasteiger partial charge in [-0.05, 0) is 12.0 Å². The van der Waals surface area contributed by atoms with Crippen molar-refractivity contribution in [3.63, 3.8) is 0 Å². The summed E-state index contributed by atoms with van der Waals surface area (Å²) < 4.78 is 0. The summed E-state index contributed by atoms with van der Waals surface area (Å²) in [5.74, 6) is 0. The van der Waals surface area contributed by atoms with E-state index in [0.717, 1.165) is 29.1 Å². The average Bonchev–Trinajstić information content (AvgIpc) is 2.98. The smallest absolute Gasteiger partial charge is 0.0939 e. The Morgan fingerprint density at radius 3 is 2.19 bits per heavy atom. The summed E-state index contributed by atoms with van der Waals surface area (Å²) in [6, 6.07) is 20.8. The lowest BCUT2D eigenvalue weighted by atomic mass is 10.1. The Balaban J connectivity index is 1.80. The number of benzene rings is 2. The largest absolute Gasteiger partial charge is 0.326 e. The Bertz CT molecular complexity index is 690. The highest BCUT2D eigenvalue weighted by Gasteiger charge is 2.11. The van der Waals surface area contributed by atoms with E-state index in [1.54, 1.807) is 11.3 Å². The van der Waals surface area contributed by atoms with Crippen LogP contribution in [0.5, 0.6) is 0 Å². The maximum absolute atomic E-state index is 5.88. The predicted molar refractivity (Wildman–Crippen MR) is 89.3 cm³/mol. The first kappa shape index (κ1) is 14.0. The number of hydrogen-bond acceptors (Lipinski definition) is 3. The third-order valence-electron chi connectivity index (χ3n) is 3.44. The van der Waals surface area contributed by atoms with Crippen molar-refractivity contribution >= 4 is 11.3 Å². The van der Waals surface area contributed by atoms with Gasteiger partial charge in [-0.25, -0.2) is 4.98 Å². The molecule has 3 aromatic rings. The summed E-state index contributed by atoms with van der Waals surface area (Å²) in [4.78, 5) is 5.98. The second-order valence-corrected chi connectivity index (χ2v) is 6.10. The van der Waals surface area contributed by atoms with Crippen LogP contribution in [0.3, 0.4) is 0 Å². The topological polar surface area (TPSA) is 38.9 Å². The zero-order valence-corrected chi connectivity index (χ0v) is 12.6. The van der Waals surface area contributed by atoms with Gasteiger partial charge in [0.15, 0.2) is 0 Å². The van der Waals surface area contributed by atoms with Crippen LogP contribution in [0.15, 0.2) is 60.7 Å². The highest BCUT2D eigenvalue weighted by atomic mass is 32.1. The summed E-state index contributed by atoms with van der Waals surface area (Å²) >= 11 is 1.74. The number of rotatable bonds is 5. The lowest BCUT2D eigenvalue weighted by Crippen LogP contribution is -1.95. The van der Waals surface area contributed by atoms with Crippen molar-refractivity contribution in [1.82, 2.24) is 4.98 Å². The number of hydrogen-bond donors (Lipinski definition) is 1. The van der Waals surface area contributed by atoms with E-state index in [4.69, 9.17) is 10.7 Å². The lowest BCUT2D eigenvalue weighted by Gasteiger charge is -1.99. The summed E-state index contributed by atoms with van der Waals surface area (Å²) in [5, 5.41) is 1.16. The number of nitrogens with zero attached hydrogens (tertiary/aromatic N) is 1. The van der Waals surface area contributed by atoms with E-state index in [9.17, 15) is 0 Å². The SMILES string of the molecule is NCc1sc(CCc2ccccc2)nc1-c1ccccc1. The Labute approximate surface area is 129 Å². The van der Waals surface area contributed by atoms with E-state index in [2.05, 4.69) is 36.4 Å². The minimum absolute atomic E-state index is 0.549. The number of aromatic nitrogens is 1. The maximum atomic E-state index is 5.88. The molecule has 106 valence electrons. The van der Waals surface area contributed by atoms with Gasteiger partial charge in [-0.3, -0.25) is 0 Å². The fourth-order valence-corrected chi connectivity index (χ4v) is 3.33. The van der Waals surface area contributed by atoms with Crippen molar-refractivity contribution < 1.29 is 0 Å². The molecule has 0 unspecified atom stereocenters. The molecule has 0 aliphatic heterocycles. The van der Waals surface area contributed by atoms with Crippen molar-refractivity contribution in [3.8, 4) is 11.3 Å². The molecule has 21 heavy (non-hydrogen) atoms. The van der Waals surface area contributed by atoms with Crippen LogP contribution in [0.1, 0.15) is 15.4 Å². The predicted octanol–water partition coefficient (Wildman–Crippen LogP) is 4.05. The molecule has 2 N–H and O–H groups in total. The van der Waals surface area contributed by atoms with E-state index in [-0.39, 0.29) is 0 Å². The van der Waals surface area contributed by atoms with E-state index >= 15 is 0 Å². The second-order valence-electron chi connectivity index (χ2n) is 4.94. The van der Waals surface area contributed by atoms with Crippen molar-refractivity contribution in [3.05, 3.63) is 76.1 Å². The van der Waals surface area contributed by atoms with Crippen LogP contribution in [0.25, 0.3) is 11.3 Å². The Hall–Kier alpha value is -1.97. The van der Waals surface area contributed by atoms with Gasteiger partial charge in [0.05, 0.1) is 10.7 Å². The van der Waals surface area contributed by atoms with Gasteiger partial charge in [-0.2, -0.15) is 0 Å². The van der Waals surface area contributed by atoms with Crippen LogP contribution in [-0.4, -0.2) is 4.98 Å². The van der Waals surface area contributed by atoms with Gasteiger partial charge < -0.3 is 5.73 Å². The summed E-state index contributed by atoms with van der Waals surface area (Å²) in [6.07, 6.45) is 1.99. The van der Waals surface area contributed by atoms with Crippen molar-refractivity contribution in [2.45, 2.75) is 19.4 Å². The van der Waals surface area contributed by atoms with Crippen LogP contribution in [0, 0.1) is 0 Å². The average molecular weight is 294 g/mol. The van der Waals surface area contributed by atoms with Crippen LogP contribution < -0.4 is 5.73 Å². The van der Waals surface area contributed by atoms with Gasteiger partial charge in [-0.1, -0.05) is 60.7 Å². The van der Waals surface area contributed by atoms with E-state index < -0.39 is 0 Å². The summed E-state index contributed by atoms with van der Waals surface area (Å²) in [7, 11) is 0. The molecule has 0 fully saturated rings. The monoisotopic (exact) mass is 294 g/mol. The fraction of sp³-hybridized carbons (Fsp3) is 0.167. The molecule has 0 radical (unpaired) electrons. The summed E-state index contributed by atoms with van der Waals surface area (Å²) in [5.41, 5.74) is 9.43.